The van der Waals surface area contributed by atoms with Crippen LogP contribution in [0.5, 0.6) is 0 Å². The predicted octanol–water partition coefficient (Wildman–Crippen LogP) is -8.89. The first-order valence-corrected chi connectivity index (χ1v) is 6.13. The molecule has 0 saturated heterocycles. The zero-order chi connectivity index (χ0) is 10.9. The molecule has 0 aromatic heterocycles. The fourth-order valence-electron chi connectivity index (χ4n) is 0.592. The van der Waals surface area contributed by atoms with Gasteiger partial charge in [-0.05, 0) is 7.60 Å². The molecule has 0 rings (SSSR count). The van der Waals surface area contributed by atoms with Gasteiger partial charge in [0.15, 0.2) is 5.08 Å². The quantitative estimate of drug-likeness (QED) is 0.291. The summed E-state index contributed by atoms with van der Waals surface area (Å²) in [5.74, 6) is 0. The second kappa shape index (κ2) is 7.61. The summed E-state index contributed by atoms with van der Waals surface area (Å²) in [6, 6.07) is 0. The normalized spacial score (nSPS) is 15.9. The van der Waals surface area contributed by atoms with E-state index in [1.807, 2.05) is 0 Å². The minimum absolute atomic E-state index is 0. The van der Waals surface area contributed by atoms with Crippen molar-refractivity contribution >= 4 is 15.2 Å². The van der Waals surface area contributed by atoms with E-state index in [-0.39, 0.29) is 59.1 Å². The summed E-state index contributed by atoms with van der Waals surface area (Å²) in [4.78, 5) is 37.4. The molecule has 0 aliphatic heterocycles. The average molecular weight is 280 g/mol. The van der Waals surface area contributed by atoms with Crippen molar-refractivity contribution in [2.45, 2.75) is 11.5 Å². The van der Waals surface area contributed by atoms with Gasteiger partial charge in [-0.2, -0.15) is 0 Å². The molecule has 4 N–H and O–H groups in total. The van der Waals surface area contributed by atoms with E-state index < -0.39 is 33.3 Å². The van der Waals surface area contributed by atoms with E-state index >= 15 is 0 Å². The van der Waals surface area contributed by atoms with Crippen molar-refractivity contribution in [2.24, 2.45) is 0 Å². The number of aliphatic hydroxyl groups is 2. The van der Waals surface area contributed by atoms with Crippen LogP contribution in [0.15, 0.2) is 0 Å². The van der Waals surface area contributed by atoms with E-state index in [0.29, 0.717) is 0 Å². The summed E-state index contributed by atoms with van der Waals surface area (Å²) >= 11 is 0. The van der Waals surface area contributed by atoms with Crippen molar-refractivity contribution in [3.63, 3.8) is 0 Å². The second-order valence-electron chi connectivity index (χ2n) is 2.29. The number of hydrogen-bond acceptors (Lipinski definition) is 6. The Morgan fingerprint density at radius 2 is 1.47 bits per heavy atom. The minimum atomic E-state index is -5.89. The molecule has 0 bridgehead atoms. The summed E-state index contributed by atoms with van der Waals surface area (Å²) in [6.07, 6.45) is -1.22. The van der Waals surface area contributed by atoms with Crippen molar-refractivity contribution in [1.82, 2.24) is 0 Å². The fourth-order valence-corrected chi connectivity index (χ4v) is 2.63. The second-order valence-corrected chi connectivity index (χ2v) is 6.20. The Balaban J connectivity index is -0.000000720. The van der Waals surface area contributed by atoms with Crippen LogP contribution in [0.2, 0.25) is 0 Å². The van der Waals surface area contributed by atoms with Gasteiger partial charge in [0.25, 0.3) is 0 Å². The molecule has 0 spiro atoms. The fraction of sp³-hybridized carbons (Fsp3) is 1.00. The zero-order valence-electron chi connectivity index (χ0n) is 8.23. The van der Waals surface area contributed by atoms with Crippen LogP contribution in [0.1, 0.15) is 6.42 Å². The van der Waals surface area contributed by atoms with E-state index in [4.69, 9.17) is 20.0 Å². The topological polar surface area (TPSA) is 161 Å². The molecular weight excluding hydrogens is 272 g/mol. The number of hydrogen-bond donors (Lipinski definition) is 4. The Hall–Kier alpha value is 2.22. The van der Waals surface area contributed by atoms with Crippen molar-refractivity contribution in [2.75, 3.05) is 6.61 Å². The Bertz CT molecular complexity index is 247. The summed E-state index contributed by atoms with van der Waals surface area (Å²) in [7, 11) is -11.4. The maximum atomic E-state index is 10.5. The molecule has 80 valence electrons. The van der Waals surface area contributed by atoms with Crippen LogP contribution in [0, 0.1) is 0 Å². The summed E-state index contributed by atoms with van der Waals surface area (Å²) in [6.45, 7) is -1.03. The maximum absolute atomic E-state index is 10.5. The number of aliphatic hydroxyl groups excluding tert-OH is 1. The van der Waals surface area contributed by atoms with E-state index in [2.05, 4.69) is 0 Å². The molecule has 0 saturated carbocycles. The van der Waals surface area contributed by atoms with E-state index in [1.165, 1.54) is 0 Å². The molecule has 0 aliphatic carbocycles. The Kier molecular flexibility index (Phi) is 11.4. The van der Waals surface area contributed by atoms with Gasteiger partial charge in [-0.1, -0.05) is 0 Å². The summed E-state index contributed by atoms with van der Waals surface area (Å²) in [5.41, 5.74) is 0. The summed E-state index contributed by atoms with van der Waals surface area (Å²) in [5, 5.41) is 13.4. The van der Waals surface area contributed by atoms with Crippen LogP contribution in [0.3, 0.4) is 0 Å². The van der Waals surface area contributed by atoms with Crippen LogP contribution < -0.4 is 68.9 Å². The molecule has 0 amide bonds. The molecule has 8 nitrogen and oxygen atoms in total. The van der Waals surface area contributed by atoms with Crippen LogP contribution in [0.25, 0.3) is 0 Å². The standard InChI is InChI=1S/C3H10O8P2.2Na/c4-2-1-3(5,12(6,7)8)13(9,10)11;;/h4-5H,1-2H2,(H2,6,7,8)(H2,9,10,11);;/q;2*+1/p-2. The van der Waals surface area contributed by atoms with Crippen LogP contribution in [-0.4, -0.2) is 31.7 Å². The maximum Gasteiger partial charge on any atom is 1.00 e. The van der Waals surface area contributed by atoms with Gasteiger partial charge in [-0.15, -0.1) is 0 Å². The smallest absolute Gasteiger partial charge is 0.808 e. The molecule has 1 unspecified atom stereocenters. The monoisotopic (exact) mass is 280 g/mol. The molecule has 12 heteroatoms. The zero-order valence-corrected chi connectivity index (χ0v) is 14.0. The minimum Gasteiger partial charge on any atom is -0.808 e. The van der Waals surface area contributed by atoms with E-state index in [9.17, 15) is 18.9 Å². The predicted molar refractivity (Wildman–Crippen MR) is 36.3 cm³/mol. The molecule has 0 fully saturated rings. The SMILES string of the molecule is O=P([O-])([O-])C(O)(CCO)P(=O)(O)O.[Na+].[Na+]. The van der Waals surface area contributed by atoms with Gasteiger partial charge < -0.3 is 34.4 Å². The first-order valence-electron chi connectivity index (χ1n) is 2.97. The molecule has 0 aliphatic rings. The first-order chi connectivity index (χ1) is 5.56. The van der Waals surface area contributed by atoms with Gasteiger partial charge in [-0.3, -0.25) is 4.57 Å². The third kappa shape index (κ3) is 5.59. The van der Waals surface area contributed by atoms with Gasteiger partial charge in [0.1, 0.15) is 0 Å². The largest absolute Gasteiger partial charge is 1.00 e. The Morgan fingerprint density at radius 3 is 1.53 bits per heavy atom. The van der Waals surface area contributed by atoms with Crippen molar-refractivity contribution in [1.29, 1.82) is 0 Å². The van der Waals surface area contributed by atoms with Gasteiger partial charge in [-0.25, -0.2) is 0 Å². The first kappa shape index (κ1) is 22.4. The van der Waals surface area contributed by atoms with Crippen molar-refractivity contribution in [3.8, 4) is 0 Å². The van der Waals surface area contributed by atoms with Crippen molar-refractivity contribution in [3.05, 3.63) is 0 Å². The Morgan fingerprint density at radius 1 is 1.13 bits per heavy atom. The van der Waals surface area contributed by atoms with Gasteiger partial charge >= 0.3 is 66.7 Å². The van der Waals surface area contributed by atoms with Crippen molar-refractivity contribution < 1.29 is 98.0 Å². The molecule has 0 radical (unpaired) electrons. The van der Waals surface area contributed by atoms with Crippen LogP contribution >= 0.6 is 15.2 Å². The molecule has 1 atom stereocenters. The summed E-state index contributed by atoms with van der Waals surface area (Å²) < 4.78 is 20.8. The molecule has 0 heterocycles. The average Bonchev–Trinajstić information content (AvgIpc) is 1.82. The van der Waals surface area contributed by atoms with Gasteiger partial charge in [0.2, 0.25) is 0 Å². The van der Waals surface area contributed by atoms with E-state index in [1.54, 1.807) is 0 Å². The number of rotatable bonds is 4. The van der Waals surface area contributed by atoms with Crippen LogP contribution in [-0.2, 0) is 9.13 Å². The van der Waals surface area contributed by atoms with E-state index in [0.717, 1.165) is 0 Å². The molecule has 15 heavy (non-hydrogen) atoms. The third-order valence-corrected chi connectivity index (χ3v) is 5.13. The molecule has 0 aromatic carbocycles. The molecule has 0 aromatic rings. The molecular formula is C3H8Na2O8P2. The third-order valence-electron chi connectivity index (χ3n) is 1.35. The Labute approximate surface area is 130 Å². The van der Waals surface area contributed by atoms with Gasteiger partial charge in [0.05, 0.1) is 0 Å². The van der Waals surface area contributed by atoms with Crippen LogP contribution in [0.4, 0.5) is 0 Å². The van der Waals surface area contributed by atoms with Gasteiger partial charge in [0, 0.05) is 13.0 Å².